The Labute approximate surface area is 152 Å². The van der Waals surface area contributed by atoms with E-state index in [1.807, 2.05) is 24.3 Å². The van der Waals surface area contributed by atoms with Gasteiger partial charge >= 0.3 is 0 Å². The average molecular weight is 362 g/mol. The highest BCUT2D eigenvalue weighted by atomic mass is 35.5. The van der Waals surface area contributed by atoms with E-state index in [9.17, 15) is 4.79 Å². The lowest BCUT2D eigenvalue weighted by Gasteiger charge is -2.26. The molecule has 0 aliphatic heterocycles. The minimum Gasteiger partial charge on any atom is -0.375 e. The summed E-state index contributed by atoms with van der Waals surface area (Å²) in [5.74, 6) is 0.0279. The molecule has 0 bridgehead atoms. The van der Waals surface area contributed by atoms with E-state index in [0.29, 0.717) is 6.04 Å². The molecule has 0 unspecified atom stereocenters. The lowest BCUT2D eigenvalue weighted by atomic mass is 9.91. The summed E-state index contributed by atoms with van der Waals surface area (Å²) >= 11 is 0. The number of rotatable bonds is 5. The van der Waals surface area contributed by atoms with E-state index in [2.05, 4.69) is 24.2 Å². The van der Waals surface area contributed by atoms with Gasteiger partial charge < -0.3 is 16.0 Å². The van der Waals surface area contributed by atoms with Crippen molar-refractivity contribution in [1.29, 1.82) is 0 Å². The zero-order valence-corrected chi connectivity index (χ0v) is 15.6. The van der Waals surface area contributed by atoms with Crippen molar-refractivity contribution in [2.75, 3.05) is 18.5 Å². The van der Waals surface area contributed by atoms with Gasteiger partial charge in [-0.2, -0.15) is 0 Å². The van der Waals surface area contributed by atoms with Crippen LogP contribution in [0.1, 0.15) is 49.4 Å². The summed E-state index contributed by atoms with van der Waals surface area (Å²) in [6, 6.07) is 8.44. The number of carbonyl (C=O) groups excluding carboxylic acids is 1. The quantitative estimate of drug-likeness (QED) is 0.844. The molecule has 23 heavy (non-hydrogen) atoms. The van der Waals surface area contributed by atoms with Crippen molar-refractivity contribution in [3.8, 4) is 0 Å². The van der Waals surface area contributed by atoms with Crippen molar-refractivity contribution in [1.82, 2.24) is 5.32 Å². The molecule has 1 aromatic rings. The van der Waals surface area contributed by atoms with Gasteiger partial charge in [0.25, 0.3) is 5.91 Å². The third-order valence-corrected chi connectivity index (χ3v) is 4.24. The summed E-state index contributed by atoms with van der Waals surface area (Å²) in [7, 11) is 2.07. The van der Waals surface area contributed by atoms with Crippen LogP contribution in [0.4, 0.5) is 5.69 Å². The molecule has 1 aliphatic carbocycles. The van der Waals surface area contributed by atoms with Crippen LogP contribution in [0.2, 0.25) is 0 Å². The molecule has 0 saturated heterocycles. The van der Waals surface area contributed by atoms with Crippen molar-refractivity contribution in [3.63, 3.8) is 0 Å². The third-order valence-electron chi connectivity index (χ3n) is 4.24. The molecular weight excluding hydrogens is 333 g/mol. The fourth-order valence-electron chi connectivity index (χ4n) is 2.86. The van der Waals surface area contributed by atoms with Crippen molar-refractivity contribution in [2.24, 2.45) is 5.73 Å². The predicted molar refractivity (Wildman–Crippen MR) is 102 cm³/mol. The minimum atomic E-state index is 0. The molecule has 1 amide bonds. The second-order valence-electron chi connectivity index (χ2n) is 6.05. The average Bonchev–Trinajstić information content (AvgIpc) is 2.50. The third kappa shape index (κ3) is 6.58. The Morgan fingerprint density at radius 2 is 1.74 bits per heavy atom. The highest BCUT2D eigenvalue weighted by Crippen LogP contribution is 2.18. The lowest BCUT2D eigenvalue weighted by molar-refractivity contribution is 0.0926. The largest absolute Gasteiger partial charge is 0.375 e. The van der Waals surface area contributed by atoms with Gasteiger partial charge in [-0.3, -0.25) is 4.79 Å². The summed E-state index contributed by atoms with van der Waals surface area (Å²) in [5, 5.41) is 3.12. The molecule has 3 N–H and O–H groups in total. The van der Waals surface area contributed by atoms with Crippen LogP contribution < -0.4 is 16.0 Å². The highest BCUT2D eigenvalue weighted by Gasteiger charge is 2.20. The highest BCUT2D eigenvalue weighted by molar-refractivity contribution is 5.94. The van der Waals surface area contributed by atoms with Gasteiger partial charge in [0.1, 0.15) is 0 Å². The molecule has 132 valence electrons. The van der Waals surface area contributed by atoms with Gasteiger partial charge in [0.05, 0.1) is 0 Å². The predicted octanol–water partition coefficient (Wildman–Crippen LogP) is 3.38. The van der Waals surface area contributed by atoms with Crippen molar-refractivity contribution < 1.29 is 4.79 Å². The number of anilines is 1. The lowest BCUT2D eigenvalue weighted by Crippen LogP contribution is -2.40. The first-order valence-electron chi connectivity index (χ1n) is 7.97. The van der Waals surface area contributed by atoms with Crippen LogP contribution in [0.5, 0.6) is 0 Å². The first-order valence-corrected chi connectivity index (χ1v) is 7.97. The Hall–Kier alpha value is -0.970. The van der Waals surface area contributed by atoms with Gasteiger partial charge in [-0.1, -0.05) is 6.92 Å². The number of benzene rings is 1. The number of amides is 1. The number of nitrogens with zero attached hydrogens (tertiary/aromatic N) is 1. The van der Waals surface area contributed by atoms with Crippen LogP contribution in [0.25, 0.3) is 0 Å². The molecular formula is C17H29Cl2N3O. The molecule has 6 heteroatoms. The van der Waals surface area contributed by atoms with Gasteiger partial charge in [-0.05, 0) is 56.4 Å². The molecule has 1 aromatic carbocycles. The number of hydrogen-bond donors (Lipinski definition) is 2. The van der Waals surface area contributed by atoms with Crippen LogP contribution in [-0.4, -0.2) is 31.6 Å². The number of hydrogen-bond acceptors (Lipinski definition) is 3. The van der Waals surface area contributed by atoms with Crippen molar-refractivity contribution in [3.05, 3.63) is 29.8 Å². The topological polar surface area (TPSA) is 58.4 Å². The smallest absolute Gasteiger partial charge is 0.251 e. The maximum atomic E-state index is 12.2. The Morgan fingerprint density at radius 1 is 1.17 bits per heavy atom. The summed E-state index contributed by atoms with van der Waals surface area (Å²) in [5.41, 5.74) is 7.78. The summed E-state index contributed by atoms with van der Waals surface area (Å²) in [6.07, 6.45) is 5.11. The standard InChI is InChI=1S/C17H27N3O.2ClH/c1-3-12-20(2)16-10-4-13(5-11-16)17(21)19-15-8-6-14(18)7-9-15;;/h4-5,10-11,14-15H,3,6-9,12,18H2,1-2H3,(H,19,21);2*1H. The number of nitrogens with two attached hydrogens (primary N) is 1. The van der Waals surface area contributed by atoms with Gasteiger partial charge in [0.15, 0.2) is 0 Å². The van der Waals surface area contributed by atoms with Crippen molar-refractivity contribution >= 4 is 36.4 Å². The molecule has 1 aliphatic rings. The maximum Gasteiger partial charge on any atom is 0.251 e. The number of nitrogens with one attached hydrogen (secondary N) is 1. The fraction of sp³-hybridized carbons (Fsp3) is 0.588. The zero-order chi connectivity index (χ0) is 15.2. The van der Waals surface area contributed by atoms with Crippen LogP contribution in [-0.2, 0) is 0 Å². The minimum absolute atomic E-state index is 0. The fourth-order valence-corrected chi connectivity index (χ4v) is 2.86. The monoisotopic (exact) mass is 361 g/mol. The van der Waals surface area contributed by atoms with E-state index in [-0.39, 0.29) is 36.8 Å². The summed E-state index contributed by atoms with van der Waals surface area (Å²) < 4.78 is 0. The van der Waals surface area contributed by atoms with Crippen LogP contribution in [0, 0.1) is 0 Å². The van der Waals surface area contributed by atoms with E-state index >= 15 is 0 Å². The van der Waals surface area contributed by atoms with Gasteiger partial charge in [0.2, 0.25) is 0 Å². The van der Waals surface area contributed by atoms with E-state index in [1.54, 1.807) is 0 Å². The molecule has 2 rings (SSSR count). The first-order chi connectivity index (χ1) is 10.1. The molecule has 1 fully saturated rings. The van der Waals surface area contributed by atoms with Crippen LogP contribution in [0.15, 0.2) is 24.3 Å². The zero-order valence-electron chi connectivity index (χ0n) is 14.0. The molecule has 0 radical (unpaired) electrons. The maximum absolute atomic E-state index is 12.2. The molecule has 4 nitrogen and oxygen atoms in total. The van der Waals surface area contributed by atoms with E-state index < -0.39 is 0 Å². The molecule has 1 saturated carbocycles. The summed E-state index contributed by atoms with van der Waals surface area (Å²) in [4.78, 5) is 14.4. The Balaban J connectivity index is 0.00000242. The Kier molecular flexibility index (Phi) is 10.3. The molecule has 0 atom stereocenters. The van der Waals surface area contributed by atoms with Crippen LogP contribution >= 0.6 is 24.8 Å². The normalized spacial score (nSPS) is 20.0. The van der Waals surface area contributed by atoms with Crippen molar-refractivity contribution in [2.45, 2.75) is 51.1 Å². The van der Waals surface area contributed by atoms with Gasteiger partial charge in [-0.15, -0.1) is 24.8 Å². The van der Waals surface area contributed by atoms with E-state index in [0.717, 1.165) is 49.9 Å². The number of carbonyl (C=O) groups is 1. The van der Waals surface area contributed by atoms with Gasteiger partial charge in [0, 0.05) is 36.9 Å². The molecule has 0 heterocycles. The second-order valence-corrected chi connectivity index (χ2v) is 6.05. The van der Waals surface area contributed by atoms with Crippen LogP contribution in [0.3, 0.4) is 0 Å². The van der Waals surface area contributed by atoms with E-state index in [1.165, 1.54) is 0 Å². The summed E-state index contributed by atoms with van der Waals surface area (Å²) in [6.45, 7) is 3.18. The molecule has 0 spiro atoms. The SMILES string of the molecule is CCCN(C)c1ccc(C(=O)NC2CCC(N)CC2)cc1.Cl.Cl. The Bertz CT molecular complexity index is 459. The Morgan fingerprint density at radius 3 is 2.26 bits per heavy atom. The van der Waals surface area contributed by atoms with Gasteiger partial charge in [-0.25, -0.2) is 0 Å². The second kappa shape index (κ2) is 10.7. The molecule has 0 aromatic heterocycles. The van der Waals surface area contributed by atoms with E-state index in [4.69, 9.17) is 5.73 Å². The first kappa shape index (κ1) is 22.0. The number of halogens is 2.